The summed E-state index contributed by atoms with van der Waals surface area (Å²) in [6.45, 7) is 5.40. The lowest BCUT2D eigenvalue weighted by Crippen LogP contribution is -2.32. The molecule has 8 nitrogen and oxygen atoms in total. The monoisotopic (exact) mass is 490 g/mol. The molecule has 11 heteroatoms. The number of benzene rings is 2. The van der Waals surface area contributed by atoms with E-state index >= 15 is 0 Å². The van der Waals surface area contributed by atoms with Crippen LogP contribution in [0.4, 0.5) is 24.8 Å². The number of H-pyrrole nitrogens is 1. The maximum Gasteiger partial charge on any atom is 0.201 e. The molecule has 1 fully saturated rings. The molecule has 1 aliphatic rings. The maximum atomic E-state index is 14.5. The van der Waals surface area contributed by atoms with Gasteiger partial charge in [-0.05, 0) is 62.6 Å². The third kappa shape index (κ3) is 5.92. The van der Waals surface area contributed by atoms with Gasteiger partial charge in [0.05, 0.1) is 11.2 Å². The second kappa shape index (κ2) is 11.1. The van der Waals surface area contributed by atoms with E-state index in [9.17, 15) is 18.4 Å². The number of ether oxygens (including phenoxy) is 1. The molecule has 0 saturated carbocycles. The number of aromatic amines is 1. The highest BCUT2D eigenvalue weighted by molar-refractivity contribution is 6.08. The van der Waals surface area contributed by atoms with Crippen LogP contribution < -0.4 is 10.8 Å². The Morgan fingerprint density at radius 3 is 2.71 bits per heavy atom. The van der Waals surface area contributed by atoms with Crippen LogP contribution in [-0.4, -0.2) is 65.8 Å². The molecule has 0 atom stereocenters. The van der Waals surface area contributed by atoms with Crippen molar-refractivity contribution in [3.05, 3.63) is 52.8 Å². The molecule has 4 N–H and O–H groups in total. The van der Waals surface area contributed by atoms with E-state index in [-0.39, 0.29) is 28.4 Å². The number of aryl methyl sites for hydroxylation is 1. The van der Waals surface area contributed by atoms with E-state index in [4.69, 9.17) is 4.74 Å². The van der Waals surface area contributed by atoms with Crippen LogP contribution in [0.15, 0.2) is 29.3 Å². The van der Waals surface area contributed by atoms with E-state index in [1.165, 1.54) is 18.2 Å². The van der Waals surface area contributed by atoms with E-state index in [2.05, 4.69) is 25.2 Å². The van der Waals surface area contributed by atoms with Crippen molar-refractivity contribution in [3.8, 4) is 0 Å². The van der Waals surface area contributed by atoms with Gasteiger partial charge in [-0.1, -0.05) is 0 Å². The van der Waals surface area contributed by atoms with Gasteiger partial charge in [-0.15, -0.1) is 0 Å². The van der Waals surface area contributed by atoms with Crippen molar-refractivity contribution in [1.82, 2.24) is 20.3 Å². The van der Waals surface area contributed by atoms with E-state index in [1.54, 1.807) is 6.92 Å². The summed E-state index contributed by atoms with van der Waals surface area (Å²) in [5, 5.41) is 12.8. The van der Waals surface area contributed by atoms with Crippen molar-refractivity contribution in [2.45, 2.75) is 19.8 Å². The molecule has 0 bridgehead atoms. The Morgan fingerprint density at radius 1 is 1.23 bits per heavy atom. The van der Waals surface area contributed by atoms with E-state index in [1.807, 2.05) is 12.5 Å². The number of hydrogen-bond acceptors (Lipinski definition) is 6. The Kier molecular flexibility index (Phi) is 7.89. The number of likely N-dealkylation sites (N-methyl/N-ethyl adjacent to an activating group) is 1. The summed E-state index contributed by atoms with van der Waals surface area (Å²) in [4.78, 5) is 13.6. The number of hydrogen-bond donors (Lipinski definition) is 4. The fraction of sp³-hybridized carbons (Fsp3) is 0.417. The van der Waals surface area contributed by atoms with Crippen molar-refractivity contribution in [3.63, 3.8) is 0 Å². The fourth-order valence-electron chi connectivity index (χ4n) is 4.17. The van der Waals surface area contributed by atoms with Crippen molar-refractivity contribution in [1.29, 1.82) is 0 Å². The van der Waals surface area contributed by atoms with E-state index < -0.39 is 17.5 Å². The number of anilines is 1. The third-order valence-electron chi connectivity index (χ3n) is 6.10. The predicted molar refractivity (Wildman–Crippen MR) is 128 cm³/mol. The molecule has 2 aromatic carbocycles. The quantitative estimate of drug-likeness (QED) is 0.216. The molecule has 35 heavy (non-hydrogen) atoms. The van der Waals surface area contributed by atoms with E-state index in [0.29, 0.717) is 23.7 Å². The minimum Gasteiger partial charge on any atom is -0.381 e. The van der Waals surface area contributed by atoms with Crippen molar-refractivity contribution >= 4 is 28.5 Å². The lowest BCUT2D eigenvalue weighted by molar-refractivity contribution is 0.0562. The molecular formula is C24H29F3N6O2. The van der Waals surface area contributed by atoms with Crippen LogP contribution in [0.3, 0.4) is 0 Å². The van der Waals surface area contributed by atoms with Gasteiger partial charge in [-0.25, -0.2) is 23.1 Å². The summed E-state index contributed by atoms with van der Waals surface area (Å²) < 4.78 is 47.9. The van der Waals surface area contributed by atoms with Crippen LogP contribution >= 0.6 is 0 Å². The SMILES string of the molecule is Cc1cc(N=C(NO)c2cc(F)c(F)c3nc(NCCN(C)CC4CCOCC4)[nH]c23)ccc1F. The molecule has 0 spiro atoms. The van der Waals surface area contributed by atoms with E-state index in [0.717, 1.165) is 45.2 Å². The maximum absolute atomic E-state index is 14.5. The predicted octanol–water partition coefficient (Wildman–Crippen LogP) is 4.12. The Hall–Kier alpha value is -3.15. The number of aliphatic imine (C=N–C) groups is 1. The zero-order valence-corrected chi connectivity index (χ0v) is 19.7. The largest absolute Gasteiger partial charge is 0.381 e. The molecule has 1 aliphatic heterocycles. The molecular weight excluding hydrogens is 461 g/mol. The summed E-state index contributed by atoms with van der Waals surface area (Å²) in [6.07, 6.45) is 2.10. The number of hydroxylamine groups is 1. The van der Waals surface area contributed by atoms with Crippen LogP contribution in [0, 0.1) is 30.3 Å². The third-order valence-corrected chi connectivity index (χ3v) is 6.10. The molecule has 188 valence electrons. The van der Waals surface area contributed by atoms with Crippen LogP contribution in [0.5, 0.6) is 0 Å². The molecule has 0 radical (unpaired) electrons. The summed E-state index contributed by atoms with van der Waals surface area (Å²) in [5.41, 5.74) is 2.61. The van der Waals surface area contributed by atoms with Gasteiger partial charge in [0.1, 0.15) is 11.3 Å². The summed E-state index contributed by atoms with van der Waals surface area (Å²) in [6, 6.07) is 5.04. The van der Waals surface area contributed by atoms with Gasteiger partial charge >= 0.3 is 0 Å². The number of nitrogens with zero attached hydrogens (tertiary/aromatic N) is 3. The molecule has 1 aromatic heterocycles. The van der Waals surface area contributed by atoms with Crippen LogP contribution in [0.1, 0.15) is 24.0 Å². The molecule has 4 rings (SSSR count). The summed E-state index contributed by atoms with van der Waals surface area (Å²) >= 11 is 0. The first-order valence-corrected chi connectivity index (χ1v) is 11.5. The van der Waals surface area contributed by atoms with Crippen LogP contribution in [-0.2, 0) is 4.74 Å². The standard InChI is InChI=1S/C24H29F3N6O2/c1-14-11-16(3-4-18(14)25)29-23(32-34)17-12-19(26)20(27)22-21(17)30-24(31-22)28-7-8-33(2)13-15-5-9-35-10-6-15/h3-4,11-12,15,34H,5-10,13H2,1-2H3,(H,29,32)(H2,28,30,31). The van der Waals surface area contributed by atoms with Gasteiger partial charge in [0.15, 0.2) is 17.5 Å². The van der Waals surface area contributed by atoms with Crippen molar-refractivity contribution in [2.24, 2.45) is 10.9 Å². The smallest absolute Gasteiger partial charge is 0.201 e. The first-order chi connectivity index (χ1) is 16.9. The van der Waals surface area contributed by atoms with Crippen LogP contribution in [0.2, 0.25) is 0 Å². The highest BCUT2D eigenvalue weighted by Gasteiger charge is 2.20. The number of halogens is 3. The Morgan fingerprint density at radius 2 is 2.00 bits per heavy atom. The number of amidine groups is 1. The normalized spacial score (nSPS) is 15.2. The first-order valence-electron chi connectivity index (χ1n) is 11.5. The topological polar surface area (TPSA) is 97.8 Å². The molecule has 2 heterocycles. The average Bonchev–Trinajstić information content (AvgIpc) is 3.27. The molecule has 0 aliphatic carbocycles. The second-order valence-corrected chi connectivity index (χ2v) is 8.78. The minimum absolute atomic E-state index is 0.0700. The summed E-state index contributed by atoms with van der Waals surface area (Å²) in [5.74, 6) is -1.93. The van der Waals surface area contributed by atoms with Gasteiger partial charge in [0.2, 0.25) is 5.95 Å². The Bertz CT molecular complexity index is 1210. The highest BCUT2D eigenvalue weighted by atomic mass is 19.2. The number of aromatic nitrogens is 2. The van der Waals surface area contributed by atoms with Crippen molar-refractivity contribution in [2.75, 3.05) is 45.2 Å². The minimum atomic E-state index is -1.14. The average molecular weight is 491 g/mol. The lowest BCUT2D eigenvalue weighted by Gasteiger charge is -2.27. The lowest BCUT2D eigenvalue weighted by atomic mass is 10.00. The van der Waals surface area contributed by atoms with Gasteiger partial charge in [-0.2, -0.15) is 0 Å². The Balaban J connectivity index is 1.53. The molecule has 3 aromatic rings. The zero-order valence-electron chi connectivity index (χ0n) is 19.7. The number of nitrogens with one attached hydrogen (secondary N) is 3. The number of imidazole rings is 1. The fourth-order valence-corrected chi connectivity index (χ4v) is 4.17. The van der Waals surface area contributed by atoms with Gasteiger partial charge in [0.25, 0.3) is 0 Å². The number of fused-ring (bicyclic) bond motifs is 1. The van der Waals surface area contributed by atoms with Gasteiger partial charge in [0, 0.05) is 38.4 Å². The Labute approximate surface area is 201 Å². The number of rotatable bonds is 8. The summed E-state index contributed by atoms with van der Waals surface area (Å²) in [7, 11) is 2.04. The molecule has 0 unspecified atom stereocenters. The molecule has 1 saturated heterocycles. The highest BCUT2D eigenvalue weighted by Crippen LogP contribution is 2.26. The molecule has 0 amide bonds. The second-order valence-electron chi connectivity index (χ2n) is 8.78. The van der Waals surface area contributed by atoms with Crippen LogP contribution in [0.25, 0.3) is 11.0 Å². The van der Waals surface area contributed by atoms with Crippen molar-refractivity contribution < 1.29 is 23.1 Å². The van der Waals surface area contributed by atoms with Gasteiger partial charge < -0.3 is 19.9 Å². The zero-order chi connectivity index (χ0) is 24.9. The first kappa shape index (κ1) is 25.0. The van der Waals surface area contributed by atoms with Gasteiger partial charge in [-0.3, -0.25) is 10.7 Å².